The third kappa shape index (κ3) is 21.2. The molecule has 0 fully saturated rings. The molecule has 0 aliphatic carbocycles. The fourth-order valence-corrected chi connectivity index (χ4v) is 3.21. The van der Waals surface area contributed by atoms with Crippen molar-refractivity contribution >= 4 is 7.98 Å². The summed E-state index contributed by atoms with van der Waals surface area (Å²) in [6, 6.07) is 0. The van der Waals surface area contributed by atoms with Crippen LogP contribution < -0.4 is 5.23 Å². The summed E-state index contributed by atoms with van der Waals surface area (Å²) in [6.45, 7) is 6.13. The topological polar surface area (TPSA) is 12.0 Å². The van der Waals surface area contributed by atoms with Crippen LogP contribution in [0.5, 0.6) is 0 Å². The van der Waals surface area contributed by atoms with Crippen LogP contribution in [0.3, 0.4) is 0 Å². The van der Waals surface area contributed by atoms with E-state index in [1.54, 1.807) is 0 Å². The van der Waals surface area contributed by atoms with E-state index < -0.39 is 0 Å². The molecule has 0 rings (SSSR count). The maximum Gasteiger partial charge on any atom is 0.222 e. The monoisotopic (exact) mass is 357 g/mol. The molecule has 0 heterocycles. The van der Waals surface area contributed by atoms with Crippen LogP contribution >= 0.6 is 0 Å². The van der Waals surface area contributed by atoms with E-state index in [0.29, 0.717) is 0 Å². The predicted molar refractivity (Wildman–Crippen MR) is 119 cm³/mol. The van der Waals surface area contributed by atoms with Crippen molar-refractivity contribution in [2.45, 2.75) is 129 Å². The third-order valence-corrected chi connectivity index (χ3v) is 5.01. The van der Waals surface area contributed by atoms with Crippen LogP contribution in [0.25, 0.3) is 0 Å². The Labute approximate surface area is 166 Å². The summed E-state index contributed by atoms with van der Waals surface area (Å²) in [4.78, 5) is 0. The molecular weight excluding hydrogens is 313 g/mol. The first-order chi connectivity index (χ1) is 12.8. The van der Waals surface area contributed by atoms with Gasteiger partial charge in [-0.05, 0) is 31.4 Å². The molecule has 0 saturated carbocycles. The summed E-state index contributed by atoms with van der Waals surface area (Å²) in [6.07, 6.45) is 25.0. The standard InChI is InChI=1S/C24H44BN/c1-3-4-5-6-7-8-9-10-11-12-13-14-15-16-17-18-19-20-21-22-23-24(2)26-25/h26H,2-13,16-23H2,1H3. The van der Waals surface area contributed by atoms with Crippen molar-refractivity contribution in [3.05, 3.63) is 12.3 Å². The summed E-state index contributed by atoms with van der Waals surface area (Å²) in [7, 11) is 5.29. The van der Waals surface area contributed by atoms with Gasteiger partial charge in [0, 0.05) is 12.8 Å². The predicted octanol–water partition coefficient (Wildman–Crippen LogP) is 7.61. The largest absolute Gasteiger partial charge is 0.441 e. The first-order valence-electron chi connectivity index (χ1n) is 11.4. The van der Waals surface area contributed by atoms with E-state index in [1.165, 1.54) is 103 Å². The van der Waals surface area contributed by atoms with Crippen LogP contribution in [0.2, 0.25) is 0 Å². The molecule has 1 N–H and O–H groups in total. The Kier molecular flexibility index (Phi) is 21.5. The molecule has 0 aromatic carbocycles. The highest BCUT2D eigenvalue weighted by molar-refractivity contribution is 6.05. The fourth-order valence-electron chi connectivity index (χ4n) is 3.21. The number of nitrogens with one attached hydrogen (secondary N) is 1. The lowest BCUT2D eigenvalue weighted by atomic mass is 10.1. The maximum atomic E-state index is 5.29. The lowest BCUT2D eigenvalue weighted by Crippen LogP contribution is -2.05. The van der Waals surface area contributed by atoms with Crippen molar-refractivity contribution < 1.29 is 0 Å². The molecule has 0 amide bonds. The van der Waals surface area contributed by atoms with Crippen LogP contribution in [-0.4, -0.2) is 7.98 Å². The number of rotatable bonds is 19. The van der Waals surface area contributed by atoms with Crippen molar-refractivity contribution in [3.8, 4) is 11.8 Å². The summed E-state index contributed by atoms with van der Waals surface area (Å²) in [5.41, 5.74) is 0.947. The van der Waals surface area contributed by atoms with Gasteiger partial charge >= 0.3 is 0 Å². The molecule has 1 nitrogen and oxygen atoms in total. The highest BCUT2D eigenvalue weighted by atomic mass is 14.7. The highest BCUT2D eigenvalue weighted by Crippen LogP contribution is 2.12. The lowest BCUT2D eigenvalue weighted by Gasteiger charge is -2.04. The van der Waals surface area contributed by atoms with Crippen LogP contribution in [0, 0.1) is 11.8 Å². The average molecular weight is 357 g/mol. The van der Waals surface area contributed by atoms with Gasteiger partial charge in [0.1, 0.15) is 0 Å². The van der Waals surface area contributed by atoms with E-state index in [-0.39, 0.29) is 0 Å². The van der Waals surface area contributed by atoms with Crippen LogP contribution in [0.15, 0.2) is 12.3 Å². The van der Waals surface area contributed by atoms with Gasteiger partial charge in [0.15, 0.2) is 0 Å². The van der Waals surface area contributed by atoms with Gasteiger partial charge in [-0.3, -0.25) is 0 Å². The van der Waals surface area contributed by atoms with Gasteiger partial charge in [-0.25, -0.2) is 0 Å². The Morgan fingerprint density at radius 1 is 0.654 bits per heavy atom. The van der Waals surface area contributed by atoms with E-state index in [2.05, 4.69) is 30.6 Å². The zero-order valence-electron chi connectivity index (χ0n) is 17.7. The Hall–Kier alpha value is -0.835. The summed E-state index contributed by atoms with van der Waals surface area (Å²) in [5.74, 6) is 6.72. The van der Waals surface area contributed by atoms with Gasteiger partial charge in [0.2, 0.25) is 7.98 Å². The Morgan fingerprint density at radius 2 is 1.04 bits per heavy atom. The van der Waals surface area contributed by atoms with Crippen LogP contribution in [0.4, 0.5) is 0 Å². The second-order valence-electron chi connectivity index (χ2n) is 7.65. The van der Waals surface area contributed by atoms with Gasteiger partial charge in [-0.1, -0.05) is 97.0 Å². The first-order valence-corrected chi connectivity index (χ1v) is 11.4. The Balaban J connectivity index is 3.13. The van der Waals surface area contributed by atoms with Gasteiger partial charge in [0.25, 0.3) is 0 Å². The van der Waals surface area contributed by atoms with E-state index in [4.69, 9.17) is 7.98 Å². The first kappa shape index (κ1) is 25.2. The minimum Gasteiger partial charge on any atom is -0.441 e. The molecule has 2 radical (unpaired) electrons. The van der Waals surface area contributed by atoms with Gasteiger partial charge in [-0.2, -0.15) is 0 Å². The highest BCUT2D eigenvalue weighted by Gasteiger charge is 1.93. The van der Waals surface area contributed by atoms with Crippen LogP contribution in [0.1, 0.15) is 129 Å². The molecule has 0 aliphatic heterocycles. The summed E-state index contributed by atoms with van der Waals surface area (Å²) >= 11 is 0. The molecule has 0 saturated heterocycles. The van der Waals surface area contributed by atoms with Crippen molar-refractivity contribution in [1.29, 1.82) is 0 Å². The van der Waals surface area contributed by atoms with Gasteiger partial charge in [-0.15, -0.1) is 11.8 Å². The van der Waals surface area contributed by atoms with E-state index in [0.717, 1.165) is 25.0 Å². The molecule has 148 valence electrons. The van der Waals surface area contributed by atoms with Crippen molar-refractivity contribution in [2.75, 3.05) is 0 Å². The van der Waals surface area contributed by atoms with Gasteiger partial charge < -0.3 is 5.23 Å². The summed E-state index contributed by atoms with van der Waals surface area (Å²) in [5, 5.41) is 2.62. The Morgan fingerprint density at radius 3 is 1.46 bits per heavy atom. The average Bonchev–Trinajstić information content (AvgIpc) is 2.66. The number of hydrogen-bond acceptors (Lipinski definition) is 1. The minimum absolute atomic E-state index is 0.947. The molecule has 26 heavy (non-hydrogen) atoms. The SMILES string of the molecule is [B]NC(=C)CCCCCCCCC#CCCCCCCCCCCCC. The van der Waals surface area contributed by atoms with Crippen molar-refractivity contribution in [2.24, 2.45) is 0 Å². The molecule has 0 bridgehead atoms. The number of unbranched alkanes of at least 4 members (excludes halogenated alkanes) is 16. The summed E-state index contributed by atoms with van der Waals surface area (Å²) < 4.78 is 0. The molecule has 0 spiro atoms. The molecule has 0 aromatic heterocycles. The zero-order valence-corrected chi connectivity index (χ0v) is 17.7. The zero-order chi connectivity index (χ0) is 19.1. The van der Waals surface area contributed by atoms with E-state index in [9.17, 15) is 0 Å². The quantitative estimate of drug-likeness (QED) is 0.142. The molecule has 0 aliphatic rings. The van der Waals surface area contributed by atoms with Crippen molar-refractivity contribution in [1.82, 2.24) is 5.23 Å². The van der Waals surface area contributed by atoms with Crippen molar-refractivity contribution in [3.63, 3.8) is 0 Å². The second kappa shape index (κ2) is 22.2. The second-order valence-corrected chi connectivity index (χ2v) is 7.65. The molecule has 0 atom stereocenters. The normalized spacial score (nSPS) is 10.3. The molecule has 0 unspecified atom stereocenters. The molecule has 0 aromatic rings. The lowest BCUT2D eigenvalue weighted by molar-refractivity contribution is 0.558. The van der Waals surface area contributed by atoms with Gasteiger partial charge in [0.05, 0.1) is 0 Å². The number of allylic oxidation sites excluding steroid dienone is 1. The fraction of sp³-hybridized carbons (Fsp3) is 0.833. The Bertz CT molecular complexity index is 353. The van der Waals surface area contributed by atoms with E-state index in [1.807, 2.05) is 0 Å². The van der Waals surface area contributed by atoms with E-state index >= 15 is 0 Å². The maximum absolute atomic E-state index is 5.29. The smallest absolute Gasteiger partial charge is 0.222 e. The third-order valence-electron chi connectivity index (χ3n) is 5.01. The minimum atomic E-state index is 0.947. The molecule has 2 heteroatoms. The van der Waals surface area contributed by atoms with Crippen LogP contribution in [-0.2, 0) is 0 Å². The molecular formula is C24H44BN. The number of hydrogen-bond donors (Lipinski definition) is 1.